The van der Waals surface area contributed by atoms with Crippen molar-refractivity contribution in [1.82, 2.24) is 5.32 Å². The van der Waals surface area contributed by atoms with Crippen molar-refractivity contribution in [2.45, 2.75) is 77.7 Å². The van der Waals surface area contributed by atoms with Gasteiger partial charge in [-0.3, -0.25) is 0 Å². The monoisotopic (exact) mass is 409 g/mol. The van der Waals surface area contributed by atoms with E-state index in [-0.39, 0.29) is 0 Å². The second-order valence-electron chi connectivity index (χ2n) is 10.3. The van der Waals surface area contributed by atoms with Gasteiger partial charge in [-0.1, -0.05) is 76.0 Å². The average molecular weight is 410 g/mol. The second-order valence-corrected chi connectivity index (χ2v) is 10.8. The van der Waals surface area contributed by atoms with Gasteiger partial charge in [0, 0.05) is 18.1 Å². The summed E-state index contributed by atoms with van der Waals surface area (Å²) in [6.07, 6.45) is 6.56. The first-order valence-electron chi connectivity index (χ1n) is 11.4. The lowest BCUT2D eigenvalue weighted by Gasteiger charge is -2.55. The molecule has 0 aromatic heterocycles. The summed E-state index contributed by atoms with van der Waals surface area (Å²) < 4.78 is 0. The van der Waals surface area contributed by atoms with E-state index in [2.05, 4.69) is 63.3 Å². The summed E-state index contributed by atoms with van der Waals surface area (Å²) in [5, 5.41) is 4.60. The van der Waals surface area contributed by atoms with E-state index in [9.17, 15) is 0 Å². The van der Waals surface area contributed by atoms with Crippen LogP contribution in [0.15, 0.2) is 42.5 Å². The van der Waals surface area contributed by atoms with E-state index in [0.29, 0.717) is 16.7 Å². The number of nitrogens with one attached hydrogen (secondary N) is 1. The Morgan fingerprint density at radius 2 is 1.83 bits per heavy atom. The standard InChI is InChI=1S/C27H36ClN/c1-19(2)21-8-12-24-22(16-21)9-13-25-26(3,14-5-15-27(24,25)4)18-29-17-20-6-10-23(28)11-7-20/h6-8,10-12,16,19,25,29H,5,9,13-15,17-18H2,1-4H3/t25-,26-,27+/m0/s1. The van der Waals surface area contributed by atoms with Crippen molar-refractivity contribution >= 4 is 11.6 Å². The van der Waals surface area contributed by atoms with Crippen LogP contribution < -0.4 is 5.32 Å². The quantitative estimate of drug-likeness (QED) is 0.547. The summed E-state index contributed by atoms with van der Waals surface area (Å²) in [5.41, 5.74) is 6.74. The Bertz CT molecular complexity index is 855. The van der Waals surface area contributed by atoms with Crippen LogP contribution in [0.3, 0.4) is 0 Å². The van der Waals surface area contributed by atoms with Crippen LogP contribution in [0.1, 0.15) is 81.5 Å². The highest BCUT2D eigenvalue weighted by Crippen LogP contribution is 2.57. The summed E-state index contributed by atoms with van der Waals surface area (Å²) in [6.45, 7) is 11.7. The Balaban J connectivity index is 1.52. The van der Waals surface area contributed by atoms with Crippen LogP contribution in [-0.2, 0) is 18.4 Å². The summed E-state index contributed by atoms with van der Waals surface area (Å²) in [7, 11) is 0. The molecule has 1 nitrogen and oxygen atoms in total. The van der Waals surface area contributed by atoms with Gasteiger partial charge < -0.3 is 5.32 Å². The molecule has 29 heavy (non-hydrogen) atoms. The van der Waals surface area contributed by atoms with Crippen molar-refractivity contribution < 1.29 is 0 Å². The molecule has 0 spiro atoms. The van der Waals surface area contributed by atoms with Gasteiger partial charge in [0.1, 0.15) is 0 Å². The highest BCUT2D eigenvalue weighted by molar-refractivity contribution is 6.30. The summed E-state index contributed by atoms with van der Waals surface area (Å²) in [6, 6.07) is 15.6. The Kier molecular flexibility index (Phi) is 5.84. The number of hydrogen-bond acceptors (Lipinski definition) is 1. The predicted octanol–water partition coefficient (Wildman–Crippen LogP) is 7.26. The van der Waals surface area contributed by atoms with Crippen LogP contribution in [0, 0.1) is 11.3 Å². The van der Waals surface area contributed by atoms with E-state index < -0.39 is 0 Å². The molecular weight excluding hydrogens is 374 g/mol. The fourth-order valence-electron chi connectivity index (χ4n) is 6.31. The Labute approximate surface area is 182 Å². The minimum atomic E-state index is 0.318. The zero-order chi connectivity index (χ0) is 20.6. The molecule has 0 unspecified atom stereocenters. The molecule has 1 saturated carbocycles. The fraction of sp³-hybridized carbons (Fsp3) is 0.556. The molecule has 0 bridgehead atoms. The second kappa shape index (κ2) is 8.08. The number of aryl methyl sites for hydroxylation is 1. The molecule has 0 saturated heterocycles. The largest absolute Gasteiger partial charge is 0.312 e. The number of benzene rings is 2. The van der Waals surface area contributed by atoms with Gasteiger partial charge in [0.25, 0.3) is 0 Å². The van der Waals surface area contributed by atoms with Crippen LogP contribution >= 0.6 is 11.6 Å². The zero-order valence-corrected chi connectivity index (χ0v) is 19.3. The molecule has 0 radical (unpaired) electrons. The topological polar surface area (TPSA) is 12.0 Å². The molecule has 0 aliphatic heterocycles. The highest BCUT2D eigenvalue weighted by atomic mass is 35.5. The van der Waals surface area contributed by atoms with Crippen molar-refractivity contribution in [2.24, 2.45) is 11.3 Å². The van der Waals surface area contributed by atoms with Gasteiger partial charge in [-0.25, -0.2) is 0 Å². The van der Waals surface area contributed by atoms with E-state index in [1.54, 1.807) is 11.1 Å². The van der Waals surface area contributed by atoms with Crippen LogP contribution in [0.25, 0.3) is 0 Å². The molecule has 4 rings (SSSR count). The van der Waals surface area contributed by atoms with Crippen LogP contribution in [0.4, 0.5) is 0 Å². The van der Waals surface area contributed by atoms with Gasteiger partial charge in [-0.2, -0.15) is 0 Å². The zero-order valence-electron chi connectivity index (χ0n) is 18.5. The number of hydrogen-bond donors (Lipinski definition) is 1. The van der Waals surface area contributed by atoms with Crippen molar-refractivity contribution in [2.75, 3.05) is 6.54 Å². The Morgan fingerprint density at radius 1 is 1.07 bits per heavy atom. The fourth-order valence-corrected chi connectivity index (χ4v) is 6.44. The molecule has 0 amide bonds. The lowest BCUT2D eigenvalue weighted by atomic mass is 9.49. The third-order valence-corrected chi connectivity index (χ3v) is 8.19. The molecule has 2 aromatic carbocycles. The van der Waals surface area contributed by atoms with Crippen LogP contribution in [0.5, 0.6) is 0 Å². The van der Waals surface area contributed by atoms with Gasteiger partial charge >= 0.3 is 0 Å². The van der Waals surface area contributed by atoms with Gasteiger partial charge in [0.05, 0.1) is 0 Å². The third-order valence-electron chi connectivity index (χ3n) is 7.94. The van der Waals surface area contributed by atoms with E-state index in [4.69, 9.17) is 11.6 Å². The SMILES string of the molecule is CC(C)c1ccc2c(c1)CC[C@H]1[C@](C)(CNCc3ccc(Cl)cc3)CCC[C@]21C. The number of halogens is 1. The molecule has 0 heterocycles. The van der Waals surface area contributed by atoms with Gasteiger partial charge in [0.2, 0.25) is 0 Å². The Morgan fingerprint density at radius 3 is 2.55 bits per heavy atom. The molecule has 2 aliphatic rings. The molecule has 1 N–H and O–H groups in total. The van der Waals surface area contributed by atoms with E-state index in [0.717, 1.165) is 24.0 Å². The van der Waals surface area contributed by atoms with E-state index >= 15 is 0 Å². The average Bonchev–Trinajstić information content (AvgIpc) is 2.69. The van der Waals surface area contributed by atoms with Crippen molar-refractivity contribution in [3.63, 3.8) is 0 Å². The first-order chi connectivity index (χ1) is 13.8. The maximum Gasteiger partial charge on any atom is 0.0406 e. The molecule has 3 atom stereocenters. The van der Waals surface area contributed by atoms with Crippen LogP contribution in [0.2, 0.25) is 5.02 Å². The third kappa shape index (κ3) is 4.01. The summed E-state index contributed by atoms with van der Waals surface area (Å²) >= 11 is 6.03. The lowest BCUT2D eigenvalue weighted by molar-refractivity contribution is 0.0257. The number of rotatable bonds is 5. The van der Waals surface area contributed by atoms with Gasteiger partial charge in [0.15, 0.2) is 0 Å². The molecule has 2 aromatic rings. The van der Waals surface area contributed by atoms with Gasteiger partial charge in [-0.15, -0.1) is 0 Å². The first kappa shape index (κ1) is 20.9. The minimum Gasteiger partial charge on any atom is -0.312 e. The van der Waals surface area contributed by atoms with E-state index in [1.807, 2.05) is 12.1 Å². The molecule has 156 valence electrons. The summed E-state index contributed by atoms with van der Waals surface area (Å²) in [4.78, 5) is 0. The normalized spacial score (nSPS) is 28.8. The van der Waals surface area contributed by atoms with E-state index in [1.165, 1.54) is 43.2 Å². The predicted molar refractivity (Wildman–Crippen MR) is 125 cm³/mol. The van der Waals surface area contributed by atoms with Crippen molar-refractivity contribution in [3.05, 3.63) is 69.7 Å². The Hall–Kier alpha value is -1.31. The van der Waals surface area contributed by atoms with Crippen molar-refractivity contribution in [3.8, 4) is 0 Å². The molecule has 1 fully saturated rings. The van der Waals surface area contributed by atoms with Crippen molar-refractivity contribution in [1.29, 1.82) is 0 Å². The molecule has 2 aliphatic carbocycles. The maximum atomic E-state index is 6.03. The maximum absolute atomic E-state index is 6.03. The molecule has 2 heteroatoms. The smallest absolute Gasteiger partial charge is 0.0406 e. The van der Waals surface area contributed by atoms with Crippen LogP contribution in [-0.4, -0.2) is 6.54 Å². The summed E-state index contributed by atoms with van der Waals surface area (Å²) in [5.74, 6) is 1.36. The number of fused-ring (bicyclic) bond motifs is 3. The first-order valence-corrected chi connectivity index (χ1v) is 11.8. The lowest BCUT2D eigenvalue weighted by Crippen LogP contribution is -2.52. The van der Waals surface area contributed by atoms with Gasteiger partial charge in [-0.05, 0) is 82.7 Å². The molecular formula is C27H36ClN. The minimum absolute atomic E-state index is 0.318. The highest BCUT2D eigenvalue weighted by Gasteiger charge is 2.51.